The third-order valence-corrected chi connectivity index (χ3v) is 4.90. The number of hydrogen-bond donors (Lipinski definition) is 0. The molecule has 0 bridgehead atoms. The number of anilines is 1. The molecular formula is C16H21N5. The van der Waals surface area contributed by atoms with Gasteiger partial charge >= 0.3 is 0 Å². The first kappa shape index (κ1) is 12.8. The molecule has 110 valence electrons. The van der Waals surface area contributed by atoms with Gasteiger partial charge in [-0.3, -0.25) is 0 Å². The van der Waals surface area contributed by atoms with Gasteiger partial charge in [-0.25, -0.2) is 4.68 Å². The van der Waals surface area contributed by atoms with Crippen LogP contribution in [-0.4, -0.2) is 32.6 Å². The third kappa shape index (κ3) is 2.30. The van der Waals surface area contributed by atoms with Crippen LogP contribution in [0.3, 0.4) is 0 Å². The summed E-state index contributed by atoms with van der Waals surface area (Å²) in [5.74, 6) is 2.68. The van der Waals surface area contributed by atoms with Crippen molar-refractivity contribution in [3.05, 3.63) is 30.1 Å². The van der Waals surface area contributed by atoms with Crippen molar-refractivity contribution in [2.24, 2.45) is 5.92 Å². The number of rotatable bonds is 2. The van der Waals surface area contributed by atoms with Crippen LogP contribution in [0, 0.1) is 12.8 Å². The molecule has 0 aromatic carbocycles. The highest BCUT2D eigenvalue weighted by molar-refractivity contribution is 5.42. The molecule has 1 aliphatic heterocycles. The van der Waals surface area contributed by atoms with Crippen LogP contribution in [0.4, 0.5) is 5.82 Å². The maximum atomic E-state index is 4.45. The molecule has 2 fully saturated rings. The Kier molecular flexibility index (Phi) is 3.13. The molecule has 5 nitrogen and oxygen atoms in total. The molecular weight excluding hydrogens is 262 g/mol. The highest BCUT2D eigenvalue weighted by Crippen LogP contribution is 2.37. The van der Waals surface area contributed by atoms with E-state index in [1.165, 1.54) is 32.1 Å². The second kappa shape index (κ2) is 5.13. The largest absolute Gasteiger partial charge is 0.352 e. The molecule has 1 aliphatic carbocycles. The lowest BCUT2D eigenvalue weighted by atomic mass is 9.85. The van der Waals surface area contributed by atoms with E-state index in [-0.39, 0.29) is 0 Å². The second-order valence-corrected chi connectivity index (χ2v) is 6.25. The molecule has 0 spiro atoms. The first-order valence-electron chi connectivity index (χ1n) is 7.94. The van der Waals surface area contributed by atoms with E-state index in [1.54, 1.807) is 4.68 Å². The van der Waals surface area contributed by atoms with Crippen molar-refractivity contribution in [3.8, 4) is 5.82 Å². The summed E-state index contributed by atoms with van der Waals surface area (Å²) in [6, 6.07) is 6.77. The van der Waals surface area contributed by atoms with Crippen molar-refractivity contribution in [3.63, 3.8) is 0 Å². The van der Waals surface area contributed by atoms with Gasteiger partial charge in [0.15, 0.2) is 11.6 Å². The average Bonchev–Trinajstić information content (AvgIpc) is 3.14. The summed E-state index contributed by atoms with van der Waals surface area (Å²) < 4.78 is 1.78. The molecule has 4 rings (SSSR count). The SMILES string of the molecule is Cc1ccn(-c2ccc(N3CC[C@@H]4CCCC[C@H]43)nn2)n1. The van der Waals surface area contributed by atoms with Gasteiger partial charge in [-0.15, -0.1) is 10.2 Å². The van der Waals surface area contributed by atoms with Gasteiger partial charge in [0, 0.05) is 18.8 Å². The first-order chi connectivity index (χ1) is 10.3. The zero-order valence-electron chi connectivity index (χ0n) is 12.4. The van der Waals surface area contributed by atoms with E-state index in [1.807, 2.05) is 25.3 Å². The van der Waals surface area contributed by atoms with Crippen molar-refractivity contribution in [1.82, 2.24) is 20.0 Å². The fraction of sp³-hybridized carbons (Fsp3) is 0.562. The van der Waals surface area contributed by atoms with Gasteiger partial charge in [-0.1, -0.05) is 12.8 Å². The monoisotopic (exact) mass is 283 g/mol. The quantitative estimate of drug-likeness (QED) is 0.850. The minimum Gasteiger partial charge on any atom is -0.352 e. The van der Waals surface area contributed by atoms with Crippen molar-refractivity contribution >= 4 is 5.82 Å². The zero-order valence-corrected chi connectivity index (χ0v) is 12.4. The smallest absolute Gasteiger partial charge is 0.175 e. The number of aryl methyl sites for hydroxylation is 1. The van der Waals surface area contributed by atoms with Crippen molar-refractivity contribution in [2.45, 2.75) is 45.1 Å². The van der Waals surface area contributed by atoms with Crippen LogP contribution >= 0.6 is 0 Å². The fourth-order valence-corrected chi connectivity index (χ4v) is 3.83. The standard InChI is InChI=1S/C16H21N5/c1-12-8-11-21(19-12)16-7-6-15(17-18-16)20-10-9-13-4-2-3-5-14(13)20/h6-8,11,13-14H,2-5,9-10H2,1H3/t13-,14+/m0/s1. The molecule has 3 heterocycles. The molecule has 0 radical (unpaired) electrons. The molecule has 21 heavy (non-hydrogen) atoms. The van der Waals surface area contributed by atoms with Gasteiger partial charge in [0.05, 0.1) is 5.69 Å². The van der Waals surface area contributed by atoms with Crippen LogP contribution in [0.5, 0.6) is 0 Å². The Morgan fingerprint density at radius 1 is 1.00 bits per heavy atom. The molecule has 0 unspecified atom stereocenters. The number of hydrogen-bond acceptors (Lipinski definition) is 4. The minimum atomic E-state index is 0.686. The predicted molar refractivity (Wildman–Crippen MR) is 81.6 cm³/mol. The van der Waals surface area contributed by atoms with E-state index in [0.717, 1.165) is 29.8 Å². The topological polar surface area (TPSA) is 46.8 Å². The van der Waals surface area contributed by atoms with Crippen molar-refractivity contribution < 1.29 is 0 Å². The van der Waals surface area contributed by atoms with E-state index in [4.69, 9.17) is 0 Å². The molecule has 2 aromatic rings. The molecule has 2 atom stereocenters. The summed E-state index contributed by atoms with van der Waals surface area (Å²) in [6.07, 6.45) is 8.69. The Bertz CT molecular complexity index is 618. The van der Waals surface area contributed by atoms with Crippen LogP contribution in [0.2, 0.25) is 0 Å². The number of aromatic nitrogens is 4. The highest BCUT2D eigenvalue weighted by atomic mass is 15.4. The molecule has 2 aliphatic rings. The summed E-state index contributed by atoms with van der Waals surface area (Å²) in [5.41, 5.74) is 0.991. The van der Waals surface area contributed by atoms with Crippen LogP contribution in [0.1, 0.15) is 37.8 Å². The summed E-state index contributed by atoms with van der Waals surface area (Å²) in [6.45, 7) is 3.11. The number of fused-ring (bicyclic) bond motifs is 1. The first-order valence-corrected chi connectivity index (χ1v) is 7.94. The van der Waals surface area contributed by atoms with Gasteiger partial charge in [0.25, 0.3) is 0 Å². The van der Waals surface area contributed by atoms with E-state index >= 15 is 0 Å². The van der Waals surface area contributed by atoms with Crippen molar-refractivity contribution in [1.29, 1.82) is 0 Å². The molecule has 0 N–H and O–H groups in total. The van der Waals surface area contributed by atoms with E-state index in [0.29, 0.717) is 6.04 Å². The number of nitrogens with zero attached hydrogens (tertiary/aromatic N) is 5. The predicted octanol–water partition coefficient (Wildman–Crippen LogP) is 2.74. The van der Waals surface area contributed by atoms with Crippen molar-refractivity contribution in [2.75, 3.05) is 11.4 Å². The van der Waals surface area contributed by atoms with Crippen LogP contribution in [0.25, 0.3) is 5.82 Å². The van der Waals surface area contributed by atoms with Crippen LogP contribution < -0.4 is 4.90 Å². The Hall–Kier alpha value is -1.91. The van der Waals surface area contributed by atoms with Gasteiger partial charge in [0.1, 0.15) is 0 Å². The molecule has 5 heteroatoms. The molecule has 1 saturated heterocycles. The summed E-state index contributed by atoms with van der Waals surface area (Å²) >= 11 is 0. The van der Waals surface area contributed by atoms with Gasteiger partial charge < -0.3 is 4.90 Å². The second-order valence-electron chi connectivity index (χ2n) is 6.25. The van der Waals surface area contributed by atoms with Crippen LogP contribution in [0.15, 0.2) is 24.4 Å². The Morgan fingerprint density at radius 2 is 1.81 bits per heavy atom. The Morgan fingerprint density at radius 3 is 2.57 bits per heavy atom. The highest BCUT2D eigenvalue weighted by Gasteiger charge is 2.36. The Labute approximate surface area is 125 Å². The minimum absolute atomic E-state index is 0.686. The van der Waals surface area contributed by atoms with Gasteiger partial charge in [-0.2, -0.15) is 5.10 Å². The van der Waals surface area contributed by atoms with Gasteiger partial charge in [0.2, 0.25) is 0 Å². The van der Waals surface area contributed by atoms with E-state index in [9.17, 15) is 0 Å². The van der Waals surface area contributed by atoms with E-state index in [2.05, 4.69) is 26.3 Å². The average molecular weight is 283 g/mol. The normalized spacial score (nSPS) is 25.1. The Balaban J connectivity index is 1.56. The molecule has 0 amide bonds. The zero-order chi connectivity index (χ0) is 14.2. The lowest BCUT2D eigenvalue weighted by molar-refractivity contribution is 0.341. The summed E-state index contributed by atoms with van der Waals surface area (Å²) in [5, 5.41) is 13.2. The van der Waals surface area contributed by atoms with E-state index < -0.39 is 0 Å². The van der Waals surface area contributed by atoms with Crippen LogP contribution in [-0.2, 0) is 0 Å². The summed E-state index contributed by atoms with van der Waals surface area (Å²) in [7, 11) is 0. The molecule has 2 aromatic heterocycles. The lowest BCUT2D eigenvalue weighted by Crippen LogP contribution is -2.35. The fourth-order valence-electron chi connectivity index (χ4n) is 3.83. The summed E-state index contributed by atoms with van der Waals surface area (Å²) in [4.78, 5) is 2.47. The lowest BCUT2D eigenvalue weighted by Gasteiger charge is -2.32. The maximum absolute atomic E-state index is 4.45. The van der Waals surface area contributed by atoms with Gasteiger partial charge in [-0.05, 0) is 50.3 Å². The molecule has 1 saturated carbocycles. The maximum Gasteiger partial charge on any atom is 0.175 e. The third-order valence-electron chi connectivity index (χ3n) is 4.90.